The summed E-state index contributed by atoms with van der Waals surface area (Å²) in [5.41, 5.74) is 4.41. The summed E-state index contributed by atoms with van der Waals surface area (Å²) < 4.78 is 22.0. The number of hydrogen-bond donors (Lipinski definition) is 2. The number of halogens is 1. The first kappa shape index (κ1) is 28.6. The van der Waals surface area contributed by atoms with Crippen LogP contribution in [0.1, 0.15) is 32.7 Å². The number of aromatic hydroxyl groups is 1. The normalized spacial score (nSPS) is 13.2. The van der Waals surface area contributed by atoms with Crippen LogP contribution in [0.25, 0.3) is 16.9 Å². The van der Waals surface area contributed by atoms with Crippen molar-refractivity contribution >= 4 is 11.6 Å². The first-order valence-corrected chi connectivity index (χ1v) is 13.9. The summed E-state index contributed by atoms with van der Waals surface area (Å²) in [6, 6.07) is 19.3. The Morgan fingerprint density at radius 3 is 2.55 bits per heavy atom. The maximum Gasteiger partial charge on any atom is 0.267 e. The topological polar surface area (TPSA) is 139 Å². The second-order valence-corrected chi connectivity index (χ2v) is 10.4. The summed E-state index contributed by atoms with van der Waals surface area (Å²) in [7, 11) is 0. The van der Waals surface area contributed by atoms with E-state index in [-0.39, 0.29) is 23.7 Å². The van der Waals surface area contributed by atoms with Gasteiger partial charge in [0.05, 0.1) is 43.0 Å². The van der Waals surface area contributed by atoms with Crippen molar-refractivity contribution in [3.63, 3.8) is 0 Å². The highest BCUT2D eigenvalue weighted by Crippen LogP contribution is 2.23. The number of phenolic OH excluding ortho intramolecular Hbond substituents is 1. The summed E-state index contributed by atoms with van der Waals surface area (Å²) in [5.74, 6) is -1.29. The Morgan fingerprint density at radius 2 is 1.80 bits per heavy atom. The lowest BCUT2D eigenvalue weighted by atomic mass is 9.99. The average Bonchev–Trinajstić information content (AvgIpc) is 3.55. The monoisotopic (exact) mass is 593 g/mol. The summed E-state index contributed by atoms with van der Waals surface area (Å²) in [6.07, 6.45) is 1.65. The molecule has 1 aliphatic heterocycles. The largest absolute Gasteiger partial charge is 0.505 e. The van der Waals surface area contributed by atoms with Gasteiger partial charge in [-0.1, -0.05) is 17.3 Å². The van der Waals surface area contributed by atoms with Crippen molar-refractivity contribution in [1.29, 1.82) is 5.41 Å². The fourth-order valence-corrected chi connectivity index (χ4v) is 4.94. The van der Waals surface area contributed by atoms with Gasteiger partial charge in [-0.25, -0.2) is 13.8 Å². The minimum absolute atomic E-state index is 0.0466. The number of aryl methyl sites for hydroxylation is 1. The van der Waals surface area contributed by atoms with E-state index < -0.39 is 11.6 Å². The fraction of sp³-hybridized carbons (Fsp3) is 0.188. The van der Waals surface area contributed by atoms with Crippen LogP contribution in [-0.4, -0.2) is 72.7 Å². The number of phenols is 1. The van der Waals surface area contributed by atoms with Gasteiger partial charge in [0.15, 0.2) is 11.6 Å². The number of nitrogens with one attached hydrogen (secondary N) is 1. The van der Waals surface area contributed by atoms with Crippen LogP contribution in [0.3, 0.4) is 0 Å². The van der Waals surface area contributed by atoms with E-state index in [0.29, 0.717) is 60.1 Å². The van der Waals surface area contributed by atoms with Gasteiger partial charge in [-0.3, -0.25) is 15.0 Å². The van der Waals surface area contributed by atoms with Gasteiger partial charge in [-0.15, -0.1) is 5.10 Å². The minimum Gasteiger partial charge on any atom is -0.505 e. The van der Waals surface area contributed by atoms with Gasteiger partial charge in [0.25, 0.3) is 11.5 Å². The molecule has 0 unspecified atom stereocenters. The first-order chi connectivity index (χ1) is 21.3. The van der Waals surface area contributed by atoms with E-state index in [1.165, 1.54) is 28.9 Å². The molecule has 0 saturated carbocycles. The van der Waals surface area contributed by atoms with Crippen LogP contribution < -0.4 is 5.56 Å². The van der Waals surface area contributed by atoms with Gasteiger partial charge in [0.2, 0.25) is 0 Å². The van der Waals surface area contributed by atoms with Gasteiger partial charge in [0.1, 0.15) is 5.69 Å². The van der Waals surface area contributed by atoms with Crippen LogP contribution in [-0.2, 0) is 11.3 Å². The quantitative estimate of drug-likeness (QED) is 0.275. The van der Waals surface area contributed by atoms with Crippen molar-refractivity contribution < 1.29 is 19.0 Å². The molecule has 2 aromatic heterocycles. The number of nitrogens with zero attached hydrogens (tertiary/aromatic N) is 6. The third-order valence-electron chi connectivity index (χ3n) is 7.44. The molecule has 3 heterocycles. The van der Waals surface area contributed by atoms with E-state index in [1.54, 1.807) is 40.0 Å². The van der Waals surface area contributed by atoms with E-state index in [9.17, 15) is 19.1 Å². The summed E-state index contributed by atoms with van der Waals surface area (Å²) >= 11 is 0. The second-order valence-electron chi connectivity index (χ2n) is 10.4. The smallest absolute Gasteiger partial charge is 0.267 e. The third-order valence-corrected chi connectivity index (χ3v) is 7.44. The molecule has 3 aromatic carbocycles. The van der Waals surface area contributed by atoms with Gasteiger partial charge >= 0.3 is 0 Å². The van der Waals surface area contributed by atoms with E-state index in [2.05, 4.69) is 15.4 Å². The van der Waals surface area contributed by atoms with Gasteiger partial charge in [-0.2, -0.15) is 5.10 Å². The van der Waals surface area contributed by atoms with Crippen LogP contribution in [0.4, 0.5) is 4.39 Å². The predicted octanol–water partition coefficient (Wildman–Crippen LogP) is 3.58. The Morgan fingerprint density at radius 1 is 1.02 bits per heavy atom. The number of benzene rings is 3. The molecular formula is C32H28FN7O4. The van der Waals surface area contributed by atoms with Crippen LogP contribution in [0.5, 0.6) is 5.75 Å². The van der Waals surface area contributed by atoms with Crippen LogP contribution >= 0.6 is 0 Å². The molecule has 44 heavy (non-hydrogen) atoms. The zero-order valence-electron chi connectivity index (χ0n) is 23.8. The molecule has 0 spiro atoms. The van der Waals surface area contributed by atoms with Gasteiger partial charge in [-0.05, 0) is 72.6 Å². The van der Waals surface area contributed by atoms with Crippen LogP contribution in [0.2, 0.25) is 0 Å². The lowest BCUT2D eigenvalue weighted by Crippen LogP contribution is -2.40. The Bertz CT molecular complexity index is 1930. The highest BCUT2D eigenvalue weighted by Gasteiger charge is 2.19. The summed E-state index contributed by atoms with van der Waals surface area (Å²) in [6.45, 7) is 4.20. The standard InChI is InChI=1S/C32H28FN7O4/c1-20-2-3-21(18-40-30(42)11-9-27(36-40)23-6-10-29(41)26(33)17-23)16-25(20)31(34)28-19-39(37-35-28)24-7-4-22(5-8-24)32(43)38-12-14-44-15-13-38/h2-11,16-17,19,34,41H,12-15,18H2,1H3. The van der Waals surface area contributed by atoms with E-state index in [4.69, 9.17) is 10.1 Å². The van der Waals surface area contributed by atoms with Crippen LogP contribution in [0, 0.1) is 18.2 Å². The molecule has 2 N–H and O–H groups in total. The fourth-order valence-electron chi connectivity index (χ4n) is 4.94. The lowest BCUT2D eigenvalue weighted by Gasteiger charge is -2.26. The number of amides is 1. The predicted molar refractivity (Wildman–Crippen MR) is 160 cm³/mol. The molecule has 0 atom stereocenters. The molecule has 1 amide bonds. The molecular weight excluding hydrogens is 565 g/mol. The summed E-state index contributed by atoms with van der Waals surface area (Å²) in [5, 5.41) is 31.2. The molecule has 1 aliphatic rings. The Labute approximate surface area is 251 Å². The molecule has 0 aliphatic carbocycles. The maximum atomic E-state index is 13.9. The third kappa shape index (κ3) is 5.88. The van der Waals surface area contributed by atoms with Crippen molar-refractivity contribution in [2.24, 2.45) is 0 Å². The van der Waals surface area contributed by atoms with E-state index in [0.717, 1.165) is 17.2 Å². The SMILES string of the molecule is Cc1ccc(Cn2nc(-c3ccc(O)c(F)c3)ccc2=O)cc1C(=N)c1cn(-c2ccc(C(=O)N3CCOCC3)cc2)nn1. The zero-order valence-corrected chi connectivity index (χ0v) is 23.8. The number of carbonyl (C=O) groups excluding carboxylic acids is 1. The van der Waals surface area contributed by atoms with Crippen LogP contribution in [0.15, 0.2) is 83.8 Å². The number of aromatic nitrogens is 5. The molecule has 222 valence electrons. The number of morpholine rings is 1. The molecule has 0 bridgehead atoms. The zero-order chi connectivity index (χ0) is 30.8. The average molecular weight is 594 g/mol. The van der Waals surface area contributed by atoms with E-state index in [1.807, 2.05) is 25.1 Å². The molecule has 5 aromatic rings. The van der Waals surface area contributed by atoms with Crippen molar-refractivity contribution in [3.8, 4) is 22.7 Å². The van der Waals surface area contributed by atoms with Gasteiger partial charge < -0.3 is 14.7 Å². The minimum atomic E-state index is -0.781. The number of carbonyl (C=O) groups is 1. The van der Waals surface area contributed by atoms with Crippen molar-refractivity contribution in [2.45, 2.75) is 13.5 Å². The maximum absolute atomic E-state index is 13.9. The molecule has 1 fully saturated rings. The summed E-state index contributed by atoms with van der Waals surface area (Å²) in [4.78, 5) is 27.1. The highest BCUT2D eigenvalue weighted by atomic mass is 19.1. The van der Waals surface area contributed by atoms with Gasteiger partial charge in [0, 0.05) is 35.8 Å². The molecule has 0 radical (unpaired) electrons. The Kier molecular flexibility index (Phi) is 7.82. The second kappa shape index (κ2) is 12.0. The highest BCUT2D eigenvalue weighted by molar-refractivity contribution is 6.10. The lowest BCUT2D eigenvalue weighted by molar-refractivity contribution is 0.0303. The Balaban J connectivity index is 1.20. The number of hydrogen-bond acceptors (Lipinski definition) is 8. The molecule has 12 heteroatoms. The van der Waals surface area contributed by atoms with Crippen molar-refractivity contribution in [1.82, 2.24) is 29.7 Å². The van der Waals surface area contributed by atoms with E-state index >= 15 is 0 Å². The number of ether oxygens (including phenoxy) is 1. The number of rotatable bonds is 7. The molecule has 11 nitrogen and oxygen atoms in total. The van der Waals surface area contributed by atoms with Crippen molar-refractivity contribution in [3.05, 3.63) is 123 Å². The first-order valence-electron chi connectivity index (χ1n) is 13.9. The molecule has 1 saturated heterocycles. The van der Waals surface area contributed by atoms with Crippen molar-refractivity contribution in [2.75, 3.05) is 26.3 Å². The Hall–Kier alpha value is -5.49. The molecule has 6 rings (SSSR count).